The number of allylic oxidation sites excluding steroid dienone is 1. The Kier molecular flexibility index (Phi) is 4.75. The average Bonchev–Trinajstić information content (AvgIpc) is 2.77. The van der Waals surface area contributed by atoms with E-state index in [9.17, 15) is 14.7 Å². The molecule has 0 bridgehead atoms. The third-order valence-electron chi connectivity index (χ3n) is 1.91. The van der Waals surface area contributed by atoms with Crippen LogP contribution in [0.4, 0.5) is 5.82 Å². The number of primary amides is 1. The highest BCUT2D eigenvalue weighted by Crippen LogP contribution is 2.13. The number of nitrogens with two attached hydrogens (primary N) is 1. The zero-order valence-corrected chi connectivity index (χ0v) is 10.3. The molecule has 9 heteroatoms. The van der Waals surface area contributed by atoms with Gasteiger partial charge in [0.25, 0.3) is 5.91 Å². The number of hydrogen-bond acceptors (Lipinski definition) is 8. The molecule has 0 spiro atoms. The number of aliphatic hydroxyl groups is 1. The summed E-state index contributed by atoms with van der Waals surface area (Å²) in [5.41, 5.74) is 4.54. The molecule has 0 radical (unpaired) electrons. The minimum absolute atomic E-state index is 0.140. The van der Waals surface area contributed by atoms with Crippen molar-refractivity contribution < 1.29 is 24.1 Å². The highest BCUT2D eigenvalue weighted by atomic mass is 16.6. The van der Waals surface area contributed by atoms with Gasteiger partial charge in [0, 0.05) is 6.21 Å². The second-order valence-corrected chi connectivity index (χ2v) is 3.28. The molecular formula is C10H12N4O5. The van der Waals surface area contributed by atoms with Gasteiger partial charge in [0.1, 0.15) is 11.3 Å². The van der Waals surface area contributed by atoms with E-state index in [0.29, 0.717) is 0 Å². The number of ether oxygens (including phenoxy) is 1. The number of carbonyl (C=O) groups excluding carboxylic acids is 2. The summed E-state index contributed by atoms with van der Waals surface area (Å²) in [5.74, 6) is -2.13. The maximum atomic E-state index is 11.5. The van der Waals surface area contributed by atoms with E-state index in [2.05, 4.69) is 19.9 Å². The summed E-state index contributed by atoms with van der Waals surface area (Å²) in [6.45, 7) is 3.04. The zero-order valence-electron chi connectivity index (χ0n) is 10.3. The first kappa shape index (κ1) is 14.4. The topological polar surface area (TPSA) is 141 Å². The molecule has 0 atom stereocenters. The Labute approximate surface area is 107 Å². The summed E-state index contributed by atoms with van der Waals surface area (Å²) in [5, 5.41) is 15.9. The van der Waals surface area contributed by atoms with Crippen molar-refractivity contribution in [3.05, 3.63) is 17.0 Å². The molecule has 1 rings (SSSR count). The van der Waals surface area contributed by atoms with E-state index in [1.165, 1.54) is 6.92 Å². The molecular weight excluding hydrogens is 256 g/mol. The molecule has 0 fully saturated rings. The van der Waals surface area contributed by atoms with Gasteiger partial charge in [0.15, 0.2) is 0 Å². The number of esters is 1. The number of rotatable bonds is 5. The van der Waals surface area contributed by atoms with E-state index in [1.807, 2.05) is 0 Å². The molecule has 0 aliphatic heterocycles. The van der Waals surface area contributed by atoms with Crippen LogP contribution in [0.15, 0.2) is 21.0 Å². The normalized spacial score (nSPS) is 12.3. The van der Waals surface area contributed by atoms with Gasteiger partial charge in [-0.15, -0.1) is 0 Å². The predicted octanol–water partition coefficient (Wildman–Crippen LogP) is 0.266. The van der Waals surface area contributed by atoms with E-state index in [0.717, 1.165) is 6.21 Å². The predicted molar refractivity (Wildman–Crippen MR) is 62.9 cm³/mol. The molecule has 9 nitrogen and oxygen atoms in total. The van der Waals surface area contributed by atoms with Crippen molar-refractivity contribution in [3.63, 3.8) is 0 Å². The first-order chi connectivity index (χ1) is 8.97. The second-order valence-electron chi connectivity index (χ2n) is 3.28. The molecule has 0 aliphatic carbocycles. The van der Waals surface area contributed by atoms with Crippen LogP contribution in [0.3, 0.4) is 0 Å². The quantitative estimate of drug-likeness (QED) is 0.337. The lowest BCUT2D eigenvalue weighted by molar-refractivity contribution is -0.138. The molecule has 0 unspecified atom stereocenters. The lowest BCUT2D eigenvalue weighted by Gasteiger charge is -2.02. The molecule has 1 aromatic heterocycles. The van der Waals surface area contributed by atoms with E-state index in [-0.39, 0.29) is 29.5 Å². The first-order valence-corrected chi connectivity index (χ1v) is 5.20. The molecule has 1 heterocycles. The van der Waals surface area contributed by atoms with Crippen molar-refractivity contribution >= 4 is 23.9 Å². The standard InChI is InChI=1S/C10H12N4O5/c1-3-18-10(17)6(5(2)15)4-12-9-7(8(11)16)13-19-14-9/h4,15H,3H2,1-2H3,(H2,11,16)/b6-5-,12-4?. The van der Waals surface area contributed by atoms with Crippen LogP contribution >= 0.6 is 0 Å². The van der Waals surface area contributed by atoms with Crippen molar-refractivity contribution in [1.82, 2.24) is 10.3 Å². The van der Waals surface area contributed by atoms with Gasteiger partial charge in [-0.05, 0) is 24.2 Å². The Morgan fingerprint density at radius 1 is 1.53 bits per heavy atom. The Morgan fingerprint density at radius 3 is 2.74 bits per heavy atom. The lowest BCUT2D eigenvalue weighted by Crippen LogP contribution is -2.12. The van der Waals surface area contributed by atoms with Gasteiger partial charge >= 0.3 is 5.97 Å². The Balaban J connectivity index is 3.01. The Morgan fingerprint density at radius 2 is 2.21 bits per heavy atom. The van der Waals surface area contributed by atoms with Gasteiger partial charge in [0.2, 0.25) is 11.5 Å². The monoisotopic (exact) mass is 268 g/mol. The van der Waals surface area contributed by atoms with Crippen molar-refractivity contribution in [2.24, 2.45) is 10.7 Å². The highest BCUT2D eigenvalue weighted by molar-refractivity contribution is 6.10. The second kappa shape index (κ2) is 6.28. The smallest absolute Gasteiger partial charge is 0.343 e. The van der Waals surface area contributed by atoms with E-state index in [4.69, 9.17) is 10.5 Å². The molecule has 0 aromatic carbocycles. The van der Waals surface area contributed by atoms with E-state index >= 15 is 0 Å². The number of nitrogens with zero attached hydrogens (tertiary/aromatic N) is 3. The van der Waals surface area contributed by atoms with Gasteiger partial charge < -0.3 is 15.6 Å². The SMILES string of the molecule is CCOC(=O)/C(C=Nc1nonc1C(N)=O)=C(/C)O. The zero-order chi connectivity index (χ0) is 14.4. The fraction of sp³-hybridized carbons (Fsp3) is 0.300. The number of carbonyl (C=O) groups is 2. The fourth-order valence-electron chi connectivity index (χ4n) is 1.05. The van der Waals surface area contributed by atoms with Crippen molar-refractivity contribution in [2.75, 3.05) is 6.61 Å². The van der Waals surface area contributed by atoms with Gasteiger partial charge in [-0.2, -0.15) is 0 Å². The average molecular weight is 268 g/mol. The molecule has 102 valence electrons. The van der Waals surface area contributed by atoms with Crippen LogP contribution in [0.25, 0.3) is 0 Å². The fourth-order valence-corrected chi connectivity index (χ4v) is 1.05. The number of hydrogen-bond donors (Lipinski definition) is 2. The van der Waals surface area contributed by atoms with Gasteiger partial charge in [-0.25, -0.2) is 14.4 Å². The number of aromatic nitrogens is 2. The molecule has 19 heavy (non-hydrogen) atoms. The van der Waals surface area contributed by atoms with Gasteiger partial charge in [0.05, 0.1) is 6.61 Å². The van der Waals surface area contributed by atoms with Crippen molar-refractivity contribution in [1.29, 1.82) is 0 Å². The van der Waals surface area contributed by atoms with Crippen molar-refractivity contribution in [2.45, 2.75) is 13.8 Å². The molecule has 0 aliphatic rings. The van der Waals surface area contributed by atoms with E-state index < -0.39 is 11.9 Å². The summed E-state index contributed by atoms with van der Waals surface area (Å²) in [6.07, 6.45) is 0.985. The Bertz CT molecular complexity index is 542. The van der Waals surface area contributed by atoms with Crippen LogP contribution < -0.4 is 5.73 Å². The molecule has 3 N–H and O–H groups in total. The summed E-state index contributed by atoms with van der Waals surface area (Å²) in [6, 6.07) is 0. The molecule has 1 amide bonds. The van der Waals surface area contributed by atoms with Gasteiger partial charge in [-0.3, -0.25) is 4.79 Å². The van der Waals surface area contributed by atoms with Crippen LogP contribution in [0.5, 0.6) is 0 Å². The first-order valence-electron chi connectivity index (χ1n) is 5.20. The summed E-state index contributed by atoms with van der Waals surface area (Å²) < 4.78 is 9.01. The van der Waals surface area contributed by atoms with Crippen LogP contribution in [-0.4, -0.2) is 40.1 Å². The molecule has 0 saturated carbocycles. The number of aliphatic hydroxyl groups excluding tert-OH is 1. The Hall–Kier alpha value is -2.71. The highest BCUT2D eigenvalue weighted by Gasteiger charge is 2.16. The minimum Gasteiger partial charge on any atom is -0.512 e. The third kappa shape index (κ3) is 3.63. The molecule has 0 saturated heterocycles. The maximum Gasteiger partial charge on any atom is 0.343 e. The van der Waals surface area contributed by atoms with Gasteiger partial charge in [-0.1, -0.05) is 0 Å². The summed E-state index contributed by atoms with van der Waals surface area (Å²) in [4.78, 5) is 26.1. The largest absolute Gasteiger partial charge is 0.512 e. The van der Waals surface area contributed by atoms with Crippen LogP contribution in [0, 0.1) is 0 Å². The maximum absolute atomic E-state index is 11.5. The van der Waals surface area contributed by atoms with Crippen LogP contribution in [-0.2, 0) is 9.53 Å². The third-order valence-corrected chi connectivity index (χ3v) is 1.91. The number of aliphatic imine (C=N–C) groups is 1. The van der Waals surface area contributed by atoms with Crippen LogP contribution in [0.2, 0.25) is 0 Å². The summed E-state index contributed by atoms with van der Waals surface area (Å²) in [7, 11) is 0. The molecule has 1 aromatic rings. The van der Waals surface area contributed by atoms with Crippen molar-refractivity contribution in [3.8, 4) is 0 Å². The number of amides is 1. The summed E-state index contributed by atoms with van der Waals surface area (Å²) >= 11 is 0. The van der Waals surface area contributed by atoms with E-state index in [1.54, 1.807) is 6.92 Å². The lowest BCUT2D eigenvalue weighted by atomic mass is 10.2. The minimum atomic E-state index is -0.879. The van der Waals surface area contributed by atoms with Crippen LogP contribution in [0.1, 0.15) is 24.3 Å².